The van der Waals surface area contributed by atoms with Crippen LogP contribution in [0, 0.1) is 0 Å². The molecule has 6 nitrogen and oxygen atoms in total. The predicted molar refractivity (Wildman–Crippen MR) is 110 cm³/mol. The Kier molecular flexibility index (Phi) is 6.57. The maximum atomic E-state index is 13.0. The first kappa shape index (κ1) is 20.2. The molecule has 1 saturated heterocycles. The number of ether oxygens (including phenoxy) is 2. The van der Waals surface area contributed by atoms with Crippen molar-refractivity contribution in [2.75, 3.05) is 40.4 Å². The van der Waals surface area contributed by atoms with Gasteiger partial charge in [0.05, 0.1) is 14.2 Å². The summed E-state index contributed by atoms with van der Waals surface area (Å²) in [6, 6.07) is 12.5. The van der Waals surface area contributed by atoms with Gasteiger partial charge in [-0.3, -0.25) is 9.59 Å². The first-order chi connectivity index (χ1) is 13.5. The van der Waals surface area contributed by atoms with Crippen LogP contribution in [0.1, 0.15) is 27.1 Å². The van der Waals surface area contributed by atoms with Crippen molar-refractivity contribution in [3.8, 4) is 11.5 Å². The van der Waals surface area contributed by atoms with Crippen LogP contribution in [-0.2, 0) is 0 Å². The highest BCUT2D eigenvalue weighted by Crippen LogP contribution is 2.24. The van der Waals surface area contributed by atoms with Gasteiger partial charge in [-0.2, -0.15) is 0 Å². The number of hydrogen-bond donors (Lipinski definition) is 0. The number of nitrogens with zero attached hydrogens (tertiary/aromatic N) is 2. The minimum atomic E-state index is -0.0889. The van der Waals surface area contributed by atoms with Gasteiger partial charge in [0.15, 0.2) is 0 Å². The number of halogens is 1. The van der Waals surface area contributed by atoms with Crippen molar-refractivity contribution in [3.05, 3.63) is 58.1 Å². The first-order valence-corrected chi connectivity index (χ1v) is 9.88. The number of carbonyl (C=O) groups is 2. The maximum Gasteiger partial charge on any atom is 0.254 e. The second kappa shape index (κ2) is 9.10. The Balaban J connectivity index is 1.71. The summed E-state index contributed by atoms with van der Waals surface area (Å²) in [5.41, 5.74) is 1.16. The van der Waals surface area contributed by atoms with Gasteiger partial charge in [-0.25, -0.2) is 0 Å². The molecule has 28 heavy (non-hydrogen) atoms. The number of carbonyl (C=O) groups excluding carboxylic acids is 2. The van der Waals surface area contributed by atoms with Gasteiger partial charge in [0.1, 0.15) is 11.5 Å². The minimum Gasteiger partial charge on any atom is -0.497 e. The topological polar surface area (TPSA) is 59.1 Å². The highest BCUT2D eigenvalue weighted by Gasteiger charge is 2.24. The van der Waals surface area contributed by atoms with Gasteiger partial charge in [0.2, 0.25) is 0 Å². The Hall–Kier alpha value is -2.54. The van der Waals surface area contributed by atoms with E-state index in [9.17, 15) is 9.59 Å². The molecule has 0 N–H and O–H groups in total. The first-order valence-electron chi connectivity index (χ1n) is 9.09. The van der Waals surface area contributed by atoms with Gasteiger partial charge in [0.25, 0.3) is 11.8 Å². The summed E-state index contributed by atoms with van der Waals surface area (Å²) in [6.45, 7) is 2.20. The lowest BCUT2D eigenvalue weighted by molar-refractivity contribution is 0.0718. The molecular weight excluding hydrogens is 424 g/mol. The van der Waals surface area contributed by atoms with E-state index in [1.807, 2.05) is 24.3 Å². The third-order valence-electron chi connectivity index (χ3n) is 4.74. The molecule has 7 heteroatoms. The van der Waals surface area contributed by atoms with Crippen molar-refractivity contribution in [3.63, 3.8) is 0 Å². The normalized spacial score (nSPS) is 14.4. The molecule has 0 radical (unpaired) electrons. The lowest BCUT2D eigenvalue weighted by Crippen LogP contribution is -2.37. The number of hydrogen-bond acceptors (Lipinski definition) is 4. The van der Waals surface area contributed by atoms with E-state index < -0.39 is 0 Å². The van der Waals surface area contributed by atoms with E-state index in [4.69, 9.17) is 9.47 Å². The zero-order valence-electron chi connectivity index (χ0n) is 16.0. The van der Waals surface area contributed by atoms with Gasteiger partial charge in [-0.15, -0.1) is 0 Å². The van der Waals surface area contributed by atoms with Crippen molar-refractivity contribution < 1.29 is 19.1 Å². The van der Waals surface area contributed by atoms with Crippen molar-refractivity contribution in [1.82, 2.24) is 9.80 Å². The van der Waals surface area contributed by atoms with Crippen LogP contribution in [0.3, 0.4) is 0 Å². The fourth-order valence-corrected chi connectivity index (χ4v) is 3.64. The van der Waals surface area contributed by atoms with Gasteiger partial charge < -0.3 is 19.3 Å². The van der Waals surface area contributed by atoms with E-state index >= 15 is 0 Å². The zero-order valence-corrected chi connectivity index (χ0v) is 17.6. The molecule has 2 amide bonds. The Morgan fingerprint density at radius 3 is 1.93 bits per heavy atom. The smallest absolute Gasteiger partial charge is 0.254 e. The van der Waals surface area contributed by atoms with Gasteiger partial charge in [-0.05, 0) is 36.8 Å². The van der Waals surface area contributed by atoms with Crippen LogP contribution < -0.4 is 9.47 Å². The van der Waals surface area contributed by atoms with Crippen LogP contribution in [0.4, 0.5) is 0 Å². The zero-order chi connectivity index (χ0) is 20.1. The molecule has 0 atom stereocenters. The summed E-state index contributed by atoms with van der Waals surface area (Å²) < 4.78 is 11.4. The molecular formula is C21H23BrN2O4. The van der Waals surface area contributed by atoms with E-state index in [1.165, 1.54) is 0 Å². The summed E-state index contributed by atoms with van der Waals surface area (Å²) in [6.07, 6.45) is 0.729. The molecule has 3 rings (SSSR count). The fourth-order valence-electron chi connectivity index (χ4n) is 3.24. The van der Waals surface area contributed by atoms with Crippen LogP contribution in [-0.4, -0.2) is 62.0 Å². The van der Waals surface area contributed by atoms with Crippen LogP contribution in [0.25, 0.3) is 0 Å². The van der Waals surface area contributed by atoms with Gasteiger partial charge >= 0.3 is 0 Å². The molecule has 0 aromatic heterocycles. The monoisotopic (exact) mass is 446 g/mol. The van der Waals surface area contributed by atoms with Crippen molar-refractivity contribution >= 4 is 27.7 Å². The molecule has 2 aromatic rings. The number of amides is 2. The SMILES string of the molecule is COc1cc(OC)cc(C(=O)N2CCCN(C(=O)c3cccc(Br)c3)CC2)c1. The van der Waals surface area contributed by atoms with E-state index in [0.29, 0.717) is 48.8 Å². The number of methoxy groups -OCH3 is 2. The molecule has 1 heterocycles. The summed E-state index contributed by atoms with van der Waals surface area (Å²) >= 11 is 3.40. The summed E-state index contributed by atoms with van der Waals surface area (Å²) in [5, 5.41) is 0. The minimum absolute atomic E-state index is 0.0151. The molecule has 0 unspecified atom stereocenters. The molecule has 2 aromatic carbocycles. The van der Waals surface area contributed by atoms with E-state index in [1.54, 1.807) is 42.2 Å². The third kappa shape index (κ3) is 4.65. The molecule has 0 saturated carbocycles. The summed E-state index contributed by atoms with van der Waals surface area (Å²) in [5.74, 6) is 1.04. The highest BCUT2D eigenvalue weighted by atomic mass is 79.9. The van der Waals surface area contributed by atoms with Crippen molar-refractivity contribution in [2.45, 2.75) is 6.42 Å². The highest BCUT2D eigenvalue weighted by molar-refractivity contribution is 9.10. The molecule has 0 bridgehead atoms. The van der Waals surface area contributed by atoms with E-state index in [-0.39, 0.29) is 11.8 Å². The van der Waals surface area contributed by atoms with E-state index in [0.717, 1.165) is 10.9 Å². The summed E-state index contributed by atoms with van der Waals surface area (Å²) in [7, 11) is 3.11. The van der Waals surface area contributed by atoms with Crippen molar-refractivity contribution in [2.24, 2.45) is 0 Å². The standard InChI is InChI=1S/C21H23BrN2O4/c1-27-18-12-16(13-19(14-18)28-2)21(26)24-8-4-7-23(9-10-24)20(25)15-5-3-6-17(22)11-15/h3,5-6,11-14H,4,7-10H2,1-2H3. The summed E-state index contributed by atoms with van der Waals surface area (Å²) in [4.78, 5) is 29.4. The second-order valence-corrected chi connectivity index (χ2v) is 7.47. The van der Waals surface area contributed by atoms with Crippen LogP contribution >= 0.6 is 15.9 Å². The van der Waals surface area contributed by atoms with Crippen LogP contribution in [0.15, 0.2) is 46.9 Å². The lowest BCUT2D eigenvalue weighted by Gasteiger charge is -2.22. The van der Waals surface area contributed by atoms with Crippen LogP contribution in [0.5, 0.6) is 11.5 Å². The average molecular weight is 447 g/mol. The Morgan fingerprint density at radius 2 is 1.39 bits per heavy atom. The molecule has 0 spiro atoms. The number of benzene rings is 2. The number of rotatable bonds is 4. The maximum absolute atomic E-state index is 13.0. The molecule has 1 aliphatic heterocycles. The van der Waals surface area contributed by atoms with Gasteiger partial charge in [-0.1, -0.05) is 22.0 Å². The molecule has 148 valence electrons. The second-order valence-electron chi connectivity index (χ2n) is 6.55. The van der Waals surface area contributed by atoms with Gasteiger partial charge in [0, 0.05) is 47.8 Å². The molecule has 1 fully saturated rings. The quantitative estimate of drug-likeness (QED) is 0.721. The third-order valence-corrected chi connectivity index (χ3v) is 5.23. The fraction of sp³-hybridized carbons (Fsp3) is 0.333. The Bertz CT molecular complexity index is 849. The van der Waals surface area contributed by atoms with Crippen LogP contribution in [0.2, 0.25) is 0 Å². The lowest BCUT2D eigenvalue weighted by atomic mass is 10.1. The van der Waals surface area contributed by atoms with Crippen molar-refractivity contribution in [1.29, 1.82) is 0 Å². The Labute approximate surface area is 173 Å². The Morgan fingerprint density at radius 1 is 0.821 bits per heavy atom. The molecule has 1 aliphatic rings. The largest absolute Gasteiger partial charge is 0.497 e. The predicted octanol–water partition coefficient (Wildman–Crippen LogP) is 3.45. The molecule has 0 aliphatic carbocycles. The van der Waals surface area contributed by atoms with E-state index in [2.05, 4.69) is 15.9 Å². The average Bonchev–Trinajstić information content (AvgIpc) is 2.98.